The summed E-state index contributed by atoms with van der Waals surface area (Å²) in [4.78, 5) is 18.8. The molecule has 2 aromatic rings. The smallest absolute Gasteiger partial charge is 0.450 e. The molecular weight excluding hydrogens is 198 g/mol. The molecule has 0 radical (unpaired) electrons. The summed E-state index contributed by atoms with van der Waals surface area (Å²) < 4.78 is 0. The van der Waals surface area contributed by atoms with Gasteiger partial charge in [-0.05, 0) is 12.1 Å². The number of aromatic nitrogens is 3. The minimum absolute atomic E-state index is 1.62. The van der Waals surface area contributed by atoms with Crippen molar-refractivity contribution in [2.75, 3.05) is 0 Å². The highest BCUT2D eigenvalue weighted by Gasteiger charge is 1.70. The van der Waals surface area contributed by atoms with Crippen LogP contribution in [0.15, 0.2) is 49.3 Å². The van der Waals surface area contributed by atoms with Crippen molar-refractivity contribution in [3.63, 3.8) is 0 Å². The predicted octanol–water partition coefficient (Wildman–Crippen LogP) is 1.71. The topological polar surface area (TPSA) is 99.1 Å². The zero-order valence-electron chi connectivity index (χ0n) is 7.82. The number of carbonyl (C=O) groups is 1. The van der Waals surface area contributed by atoms with E-state index in [0.717, 1.165) is 0 Å². The monoisotopic (exact) mass is 209 g/mol. The van der Waals surface area contributed by atoms with E-state index in [1.54, 1.807) is 31.1 Å². The quantitative estimate of drug-likeness (QED) is 0.613. The van der Waals surface area contributed by atoms with Gasteiger partial charge in [-0.15, -0.1) is 0 Å². The Balaban J connectivity index is 0.000000202. The molecule has 2 aromatic heterocycles. The van der Waals surface area contributed by atoms with E-state index in [9.17, 15) is 0 Å². The van der Waals surface area contributed by atoms with Crippen molar-refractivity contribution in [1.82, 2.24) is 15.0 Å². The van der Waals surface area contributed by atoms with Crippen LogP contribution in [0.5, 0.6) is 0 Å². The highest BCUT2D eigenvalue weighted by molar-refractivity contribution is 5.53. The Bertz CT molecular complexity index is 276. The lowest BCUT2D eigenvalue weighted by atomic mass is 10.5. The van der Waals surface area contributed by atoms with Crippen molar-refractivity contribution in [2.24, 2.45) is 0 Å². The summed E-state index contributed by atoms with van der Waals surface area (Å²) in [5.41, 5.74) is 0. The predicted molar refractivity (Wildman–Crippen MR) is 53.5 cm³/mol. The molecule has 3 N–H and O–H groups in total. The average Bonchev–Trinajstić information content (AvgIpc) is 2.77. The summed E-state index contributed by atoms with van der Waals surface area (Å²) in [5, 5.41) is 13.9. The Morgan fingerprint density at radius 1 is 1.00 bits per heavy atom. The minimum Gasteiger partial charge on any atom is -0.450 e. The van der Waals surface area contributed by atoms with Gasteiger partial charge in [-0.2, -0.15) is 0 Å². The molecule has 0 unspecified atom stereocenters. The second-order valence-electron chi connectivity index (χ2n) is 2.07. The number of carboxylic acid groups (broad SMARTS) is 2. The maximum Gasteiger partial charge on any atom is 0.503 e. The van der Waals surface area contributed by atoms with Gasteiger partial charge in [0.15, 0.2) is 0 Å². The summed E-state index contributed by atoms with van der Waals surface area (Å²) in [6.45, 7) is 0. The Morgan fingerprint density at radius 3 is 1.73 bits per heavy atom. The van der Waals surface area contributed by atoms with E-state index in [1.165, 1.54) is 0 Å². The van der Waals surface area contributed by atoms with E-state index in [0.29, 0.717) is 0 Å². The van der Waals surface area contributed by atoms with Crippen molar-refractivity contribution < 1.29 is 15.0 Å². The zero-order valence-corrected chi connectivity index (χ0v) is 7.82. The van der Waals surface area contributed by atoms with Gasteiger partial charge in [-0.25, -0.2) is 9.78 Å². The number of aromatic amines is 1. The van der Waals surface area contributed by atoms with E-state index in [2.05, 4.69) is 15.0 Å². The molecule has 0 spiro atoms. The lowest BCUT2D eigenvalue weighted by molar-refractivity contribution is 0.137. The van der Waals surface area contributed by atoms with E-state index in [4.69, 9.17) is 15.0 Å². The molecule has 0 aliphatic rings. The number of nitrogens with one attached hydrogen (secondary N) is 1. The summed E-state index contributed by atoms with van der Waals surface area (Å²) in [6.07, 6.45) is 6.75. The van der Waals surface area contributed by atoms with Gasteiger partial charge in [0.1, 0.15) is 0 Å². The fraction of sp³-hybridized carbons (Fsp3) is 0. The molecule has 0 bridgehead atoms. The minimum atomic E-state index is -1.83. The van der Waals surface area contributed by atoms with Gasteiger partial charge in [-0.3, -0.25) is 4.98 Å². The van der Waals surface area contributed by atoms with Crippen LogP contribution in [-0.4, -0.2) is 31.3 Å². The van der Waals surface area contributed by atoms with E-state index >= 15 is 0 Å². The number of nitrogens with zero attached hydrogens (tertiary/aromatic N) is 2. The van der Waals surface area contributed by atoms with Crippen LogP contribution < -0.4 is 0 Å². The van der Waals surface area contributed by atoms with Crippen LogP contribution >= 0.6 is 0 Å². The Hall–Kier alpha value is -2.37. The van der Waals surface area contributed by atoms with Crippen molar-refractivity contribution in [3.05, 3.63) is 49.3 Å². The van der Waals surface area contributed by atoms with Crippen LogP contribution in [0.3, 0.4) is 0 Å². The third kappa shape index (κ3) is 14.5. The van der Waals surface area contributed by atoms with Crippen LogP contribution in [0, 0.1) is 0 Å². The zero-order chi connectivity index (χ0) is 11.4. The van der Waals surface area contributed by atoms with Crippen molar-refractivity contribution in [3.8, 4) is 0 Å². The van der Waals surface area contributed by atoms with Gasteiger partial charge in [0, 0.05) is 24.8 Å². The van der Waals surface area contributed by atoms with Gasteiger partial charge in [0.25, 0.3) is 0 Å². The third-order valence-corrected chi connectivity index (χ3v) is 0.972. The van der Waals surface area contributed by atoms with Gasteiger partial charge in [0.2, 0.25) is 0 Å². The molecule has 2 heterocycles. The fourth-order valence-corrected chi connectivity index (χ4v) is 0.528. The Morgan fingerprint density at radius 2 is 1.60 bits per heavy atom. The Kier molecular flexibility index (Phi) is 8.18. The van der Waals surface area contributed by atoms with Crippen molar-refractivity contribution in [2.45, 2.75) is 0 Å². The first-order valence-electron chi connectivity index (χ1n) is 3.93. The van der Waals surface area contributed by atoms with Gasteiger partial charge < -0.3 is 15.2 Å². The number of imidazole rings is 1. The number of rotatable bonds is 0. The molecule has 0 aromatic carbocycles. The number of hydrogen-bond acceptors (Lipinski definition) is 3. The second kappa shape index (κ2) is 9.72. The maximum atomic E-state index is 8.56. The summed E-state index contributed by atoms with van der Waals surface area (Å²) in [6, 6.07) is 5.72. The number of pyridine rings is 1. The van der Waals surface area contributed by atoms with Crippen LogP contribution in [0.25, 0.3) is 0 Å². The van der Waals surface area contributed by atoms with Gasteiger partial charge in [0.05, 0.1) is 6.33 Å². The first-order valence-corrected chi connectivity index (χ1v) is 3.93. The molecular formula is C9H11N3O3. The van der Waals surface area contributed by atoms with Crippen LogP contribution in [-0.2, 0) is 0 Å². The Labute approximate surface area is 86.3 Å². The number of hydrogen-bond donors (Lipinski definition) is 3. The van der Waals surface area contributed by atoms with Crippen LogP contribution in [0.1, 0.15) is 0 Å². The summed E-state index contributed by atoms with van der Waals surface area (Å²) in [7, 11) is 0. The molecule has 0 aliphatic heterocycles. The molecule has 0 fully saturated rings. The first kappa shape index (κ1) is 12.6. The molecule has 0 atom stereocenters. The van der Waals surface area contributed by atoms with Gasteiger partial charge >= 0.3 is 6.16 Å². The molecule has 15 heavy (non-hydrogen) atoms. The van der Waals surface area contributed by atoms with Crippen LogP contribution in [0.2, 0.25) is 0 Å². The molecule has 6 nitrogen and oxygen atoms in total. The third-order valence-electron chi connectivity index (χ3n) is 0.972. The SMILES string of the molecule is O=C(O)O.c1c[nH]cn1.c1ccncc1. The second-order valence-corrected chi connectivity index (χ2v) is 2.07. The lowest BCUT2D eigenvalue weighted by Gasteiger charge is -1.70. The standard InChI is InChI=1S/C5H5N.C3H4N2.CH2O3/c1-2-4-6-5-3-1;1-2-5-3-4-1;2-1(3)4/h1-5H;1-3H,(H,4,5);(H2,2,3,4). The number of H-pyrrole nitrogens is 1. The van der Waals surface area contributed by atoms with Crippen molar-refractivity contribution in [1.29, 1.82) is 0 Å². The van der Waals surface area contributed by atoms with Crippen LogP contribution in [0.4, 0.5) is 4.79 Å². The average molecular weight is 209 g/mol. The summed E-state index contributed by atoms with van der Waals surface area (Å²) >= 11 is 0. The van der Waals surface area contributed by atoms with E-state index in [-0.39, 0.29) is 0 Å². The molecule has 6 heteroatoms. The molecule has 0 amide bonds. The van der Waals surface area contributed by atoms with E-state index < -0.39 is 6.16 Å². The fourth-order valence-electron chi connectivity index (χ4n) is 0.528. The molecule has 0 saturated heterocycles. The highest BCUT2D eigenvalue weighted by Crippen LogP contribution is 1.73. The normalized spacial score (nSPS) is 7.47. The van der Waals surface area contributed by atoms with Crippen molar-refractivity contribution >= 4 is 6.16 Å². The largest absolute Gasteiger partial charge is 0.503 e. The lowest BCUT2D eigenvalue weighted by Crippen LogP contribution is -1.81. The molecule has 0 aliphatic carbocycles. The molecule has 2 rings (SSSR count). The highest BCUT2D eigenvalue weighted by atomic mass is 16.6. The molecule has 0 saturated carbocycles. The first-order chi connectivity index (χ1) is 7.23. The molecule has 80 valence electrons. The van der Waals surface area contributed by atoms with E-state index in [1.807, 2.05) is 18.2 Å². The maximum absolute atomic E-state index is 8.56. The summed E-state index contributed by atoms with van der Waals surface area (Å²) in [5.74, 6) is 0. The van der Waals surface area contributed by atoms with Gasteiger partial charge in [-0.1, -0.05) is 6.07 Å².